The molecule has 1 heterocycles. The second-order valence-electron chi connectivity index (χ2n) is 5.34. The summed E-state index contributed by atoms with van der Waals surface area (Å²) >= 11 is 0. The van der Waals surface area contributed by atoms with Gasteiger partial charge >= 0.3 is 0 Å². The molecule has 27 heavy (non-hydrogen) atoms. The Balaban J connectivity index is 1.79. The van der Waals surface area contributed by atoms with Gasteiger partial charge in [-0.25, -0.2) is 8.78 Å². The van der Waals surface area contributed by atoms with Crippen molar-refractivity contribution in [2.75, 3.05) is 5.32 Å². The summed E-state index contributed by atoms with van der Waals surface area (Å²) in [6.45, 7) is 0. The number of carbonyl (C=O) groups is 1. The molecular weight excluding hydrogens is 356 g/mol. The van der Waals surface area contributed by atoms with Crippen LogP contribution in [0.15, 0.2) is 65.3 Å². The van der Waals surface area contributed by atoms with Crippen molar-refractivity contribution in [1.29, 1.82) is 10.8 Å². The van der Waals surface area contributed by atoms with E-state index in [0.717, 1.165) is 6.07 Å². The van der Waals surface area contributed by atoms with Crippen LogP contribution in [-0.4, -0.2) is 17.7 Å². The number of amides is 1. The third-order valence-corrected chi connectivity index (χ3v) is 3.56. The molecule has 0 saturated carbocycles. The molecule has 3 aromatic rings. The number of carbonyl (C=O) groups excluding carboxylic acids is 1. The van der Waals surface area contributed by atoms with Crippen LogP contribution in [0.4, 0.5) is 14.5 Å². The van der Waals surface area contributed by atoms with E-state index >= 15 is 0 Å². The number of hydrogen-bond donors (Lipinski definition) is 3. The fourth-order valence-electron chi connectivity index (χ4n) is 2.25. The maximum Gasteiger partial charge on any atom is 0.258 e. The smallest absolute Gasteiger partial charge is 0.258 e. The predicted molar refractivity (Wildman–Crippen MR) is 94.2 cm³/mol. The van der Waals surface area contributed by atoms with E-state index in [0.29, 0.717) is 0 Å². The van der Waals surface area contributed by atoms with Gasteiger partial charge in [0.25, 0.3) is 11.8 Å². The molecule has 0 saturated heterocycles. The van der Waals surface area contributed by atoms with Crippen LogP contribution in [0.2, 0.25) is 0 Å². The van der Waals surface area contributed by atoms with Gasteiger partial charge < -0.3 is 14.5 Å². The molecule has 3 N–H and O–H groups in total. The lowest BCUT2D eigenvalue weighted by Gasteiger charge is -2.11. The van der Waals surface area contributed by atoms with Crippen molar-refractivity contribution in [1.82, 2.24) is 0 Å². The molecule has 1 amide bonds. The van der Waals surface area contributed by atoms with Gasteiger partial charge in [-0.05, 0) is 36.4 Å². The highest BCUT2D eigenvalue weighted by atomic mass is 19.1. The first-order valence-electron chi connectivity index (χ1n) is 7.71. The zero-order chi connectivity index (χ0) is 19.4. The second-order valence-corrected chi connectivity index (χ2v) is 5.34. The molecule has 0 spiro atoms. The highest BCUT2D eigenvalue weighted by molar-refractivity contribution is 6.07. The third kappa shape index (κ3) is 3.90. The lowest BCUT2D eigenvalue weighted by Crippen LogP contribution is -2.17. The Morgan fingerprint density at radius 1 is 0.926 bits per heavy atom. The van der Waals surface area contributed by atoms with E-state index in [1.54, 1.807) is 0 Å². The van der Waals surface area contributed by atoms with Crippen molar-refractivity contribution in [3.05, 3.63) is 89.4 Å². The molecule has 3 rings (SSSR count). The van der Waals surface area contributed by atoms with Crippen LogP contribution in [0.1, 0.15) is 21.7 Å². The average Bonchev–Trinajstić information content (AvgIpc) is 3.18. The summed E-state index contributed by atoms with van der Waals surface area (Å²) in [4.78, 5) is 12.2. The minimum absolute atomic E-state index is 0.0733. The zero-order valence-corrected chi connectivity index (χ0v) is 13.8. The van der Waals surface area contributed by atoms with Gasteiger partial charge in [0.1, 0.15) is 5.82 Å². The number of furan rings is 1. The number of halogens is 2. The lowest BCUT2D eigenvalue weighted by atomic mass is 10.1. The monoisotopic (exact) mass is 369 g/mol. The molecule has 0 unspecified atom stereocenters. The van der Waals surface area contributed by atoms with Gasteiger partial charge in [-0.3, -0.25) is 15.6 Å². The lowest BCUT2D eigenvalue weighted by molar-refractivity contribution is 0.102. The van der Waals surface area contributed by atoms with Crippen molar-refractivity contribution in [2.24, 2.45) is 0 Å². The fraction of sp³-hybridized carbons (Fsp3) is 0. The SMILES string of the molecule is N=C(OC(=N)c1cccc(NC(=O)c2ccccc2F)c1F)c1ccco1. The number of rotatable bonds is 4. The fourth-order valence-corrected chi connectivity index (χ4v) is 2.25. The molecule has 0 radical (unpaired) electrons. The Hall–Kier alpha value is -3.81. The molecule has 0 aliphatic heterocycles. The van der Waals surface area contributed by atoms with Crippen molar-refractivity contribution in [3.8, 4) is 0 Å². The van der Waals surface area contributed by atoms with Gasteiger partial charge in [-0.15, -0.1) is 0 Å². The predicted octanol–water partition coefficient (Wildman–Crippen LogP) is 4.18. The van der Waals surface area contributed by atoms with Gasteiger partial charge in [-0.1, -0.05) is 18.2 Å². The van der Waals surface area contributed by atoms with Crippen LogP contribution >= 0.6 is 0 Å². The summed E-state index contributed by atoms with van der Waals surface area (Å²) in [5, 5.41) is 17.8. The van der Waals surface area contributed by atoms with Crippen LogP contribution in [0.25, 0.3) is 0 Å². The normalized spacial score (nSPS) is 10.3. The first-order chi connectivity index (χ1) is 13.0. The standard InChI is InChI=1S/C19H13F2N3O3/c20-13-7-2-1-5-11(13)19(25)24-14-8-3-6-12(16(14)21)17(22)27-18(23)15-9-4-10-26-15/h1-10,22-23H,(H,24,25). The Morgan fingerprint density at radius 3 is 2.37 bits per heavy atom. The number of nitrogens with one attached hydrogen (secondary N) is 3. The summed E-state index contributed by atoms with van der Waals surface area (Å²) in [6, 6.07) is 12.2. The van der Waals surface area contributed by atoms with Crippen molar-refractivity contribution < 1.29 is 22.7 Å². The Labute approximate surface area is 152 Å². The molecule has 0 fully saturated rings. The summed E-state index contributed by atoms with van der Waals surface area (Å²) in [6.07, 6.45) is 1.33. The largest absolute Gasteiger partial charge is 0.459 e. The van der Waals surface area contributed by atoms with Crippen LogP contribution in [-0.2, 0) is 4.74 Å². The summed E-state index contributed by atoms with van der Waals surface area (Å²) in [7, 11) is 0. The topological polar surface area (TPSA) is 99.2 Å². The maximum absolute atomic E-state index is 14.7. The molecule has 2 aromatic carbocycles. The summed E-state index contributed by atoms with van der Waals surface area (Å²) < 4.78 is 38.3. The van der Waals surface area contributed by atoms with Crippen LogP contribution in [0.5, 0.6) is 0 Å². The second kappa shape index (κ2) is 7.61. The molecule has 8 heteroatoms. The van der Waals surface area contributed by atoms with Crippen molar-refractivity contribution >= 4 is 23.4 Å². The van der Waals surface area contributed by atoms with E-state index in [-0.39, 0.29) is 22.6 Å². The van der Waals surface area contributed by atoms with Crippen LogP contribution in [0, 0.1) is 22.5 Å². The molecule has 0 aliphatic carbocycles. The van der Waals surface area contributed by atoms with E-state index in [1.807, 2.05) is 0 Å². The van der Waals surface area contributed by atoms with Crippen LogP contribution in [0.3, 0.4) is 0 Å². The molecule has 6 nitrogen and oxygen atoms in total. The first-order valence-corrected chi connectivity index (χ1v) is 7.71. The highest BCUT2D eigenvalue weighted by Crippen LogP contribution is 2.21. The van der Waals surface area contributed by atoms with Gasteiger partial charge in [-0.2, -0.15) is 0 Å². The van der Waals surface area contributed by atoms with Crippen LogP contribution < -0.4 is 5.32 Å². The van der Waals surface area contributed by atoms with E-state index in [4.69, 9.17) is 20.0 Å². The summed E-state index contributed by atoms with van der Waals surface area (Å²) in [5.74, 6) is -3.56. The number of ether oxygens (including phenoxy) is 1. The summed E-state index contributed by atoms with van der Waals surface area (Å²) in [5.41, 5.74) is -0.774. The van der Waals surface area contributed by atoms with E-state index < -0.39 is 29.3 Å². The Bertz CT molecular complexity index is 1020. The minimum Gasteiger partial charge on any atom is -0.459 e. The molecular formula is C19H13F2N3O3. The van der Waals surface area contributed by atoms with Crippen molar-refractivity contribution in [3.63, 3.8) is 0 Å². The molecule has 1 aromatic heterocycles. The molecule has 0 bridgehead atoms. The maximum atomic E-state index is 14.7. The van der Waals surface area contributed by atoms with Crippen molar-refractivity contribution in [2.45, 2.75) is 0 Å². The minimum atomic E-state index is -0.945. The van der Waals surface area contributed by atoms with E-state index in [2.05, 4.69) is 5.32 Å². The van der Waals surface area contributed by atoms with Gasteiger partial charge in [0.15, 0.2) is 11.6 Å². The number of anilines is 1. The number of hydrogen-bond acceptors (Lipinski definition) is 5. The van der Waals surface area contributed by atoms with Gasteiger partial charge in [0, 0.05) is 0 Å². The number of benzene rings is 2. The van der Waals surface area contributed by atoms with E-state index in [1.165, 1.54) is 54.8 Å². The van der Waals surface area contributed by atoms with E-state index in [9.17, 15) is 13.6 Å². The third-order valence-electron chi connectivity index (χ3n) is 3.56. The molecule has 136 valence electrons. The average molecular weight is 369 g/mol. The Kier molecular flexibility index (Phi) is 5.07. The molecule has 0 atom stereocenters. The first kappa shape index (κ1) is 18.0. The molecule has 0 aliphatic rings. The quantitative estimate of drug-likeness (QED) is 0.475. The Morgan fingerprint density at radius 2 is 1.67 bits per heavy atom. The van der Waals surface area contributed by atoms with Gasteiger partial charge in [0.05, 0.1) is 23.1 Å². The highest BCUT2D eigenvalue weighted by Gasteiger charge is 2.19. The van der Waals surface area contributed by atoms with Gasteiger partial charge in [0.2, 0.25) is 5.90 Å². The zero-order valence-electron chi connectivity index (χ0n) is 13.8.